The molecule has 0 aliphatic carbocycles. The number of pyridine rings is 1. The van der Waals surface area contributed by atoms with Crippen molar-refractivity contribution < 1.29 is 19.1 Å². The summed E-state index contributed by atoms with van der Waals surface area (Å²) >= 11 is 0. The largest absolute Gasteiger partial charge is 0.496 e. The van der Waals surface area contributed by atoms with Crippen molar-refractivity contribution in [1.29, 1.82) is 5.26 Å². The summed E-state index contributed by atoms with van der Waals surface area (Å²) in [7, 11) is 5.13. The Morgan fingerprint density at radius 2 is 1.61 bits per heavy atom. The molecule has 1 atom stereocenters. The van der Waals surface area contributed by atoms with E-state index in [0.29, 0.717) is 19.5 Å². The number of methoxy groups -OCH3 is 2. The van der Waals surface area contributed by atoms with E-state index in [4.69, 9.17) is 15.2 Å². The number of ketones is 1. The monoisotopic (exact) mass is 692 g/mol. The normalized spacial score (nSPS) is 17.1. The number of rotatable bonds is 10. The Morgan fingerprint density at radius 3 is 2.20 bits per heavy atom. The molecule has 1 aromatic heterocycles. The zero-order valence-corrected chi connectivity index (χ0v) is 30.7. The number of nitrogens with two attached hydrogens (primary N) is 1. The first-order valence-corrected chi connectivity index (χ1v) is 17.2. The van der Waals surface area contributed by atoms with E-state index in [1.807, 2.05) is 51.2 Å². The Kier molecular flexibility index (Phi) is 11.5. The SMILES string of the molecule is COc1cc(-c2cn(C)c(=O)c(C)c2C)cc(OC)c1CN1CCN(Cc2cccc3c2CCN(C(=O)/C(C#N)=C/C(N)=C/C(C)=O)C3C)CC1. The summed E-state index contributed by atoms with van der Waals surface area (Å²) < 4.78 is 13.4. The van der Waals surface area contributed by atoms with Gasteiger partial charge in [-0.15, -0.1) is 0 Å². The topological polar surface area (TPSA) is 134 Å². The number of hydrogen-bond donors (Lipinski definition) is 1. The van der Waals surface area contributed by atoms with Crippen LogP contribution in [0.25, 0.3) is 11.1 Å². The van der Waals surface area contributed by atoms with Gasteiger partial charge in [0.1, 0.15) is 23.1 Å². The average molecular weight is 693 g/mol. The molecule has 0 spiro atoms. The number of carbonyl (C=O) groups excluding carboxylic acids is 2. The standard InChI is InChI=1S/C40H48N6O5/c1-25(47)17-32(42)18-31(21-41)40(49)46-12-11-34-29(9-8-10-33(34)28(46)4)22-44-13-15-45(16-14-44)24-36-37(50-6)19-30(20-38(36)51-7)35-23-43(5)39(48)27(3)26(35)2/h8-10,17-20,23,28H,11-16,22,24,42H2,1-7H3/b31-18+,32-17-. The van der Waals surface area contributed by atoms with Crippen molar-refractivity contribution in [2.24, 2.45) is 12.8 Å². The van der Waals surface area contributed by atoms with Gasteiger partial charge in [-0.1, -0.05) is 18.2 Å². The third-order valence-electron chi connectivity index (χ3n) is 10.2. The second kappa shape index (κ2) is 15.8. The molecule has 11 nitrogen and oxygen atoms in total. The van der Waals surface area contributed by atoms with Gasteiger partial charge in [0.2, 0.25) is 0 Å². The number of piperazine rings is 1. The number of nitrogens with zero attached hydrogens (tertiary/aromatic N) is 5. The molecule has 2 aliphatic heterocycles. The van der Waals surface area contributed by atoms with Crippen LogP contribution in [-0.4, -0.2) is 77.9 Å². The van der Waals surface area contributed by atoms with Crippen molar-refractivity contribution in [3.63, 3.8) is 0 Å². The van der Waals surface area contributed by atoms with Crippen molar-refractivity contribution >= 4 is 11.7 Å². The molecule has 2 aromatic carbocycles. The van der Waals surface area contributed by atoms with E-state index >= 15 is 0 Å². The predicted octanol–water partition coefficient (Wildman–Crippen LogP) is 4.33. The smallest absolute Gasteiger partial charge is 0.265 e. The molecule has 1 fully saturated rings. The van der Waals surface area contributed by atoms with Crippen LogP contribution in [0.3, 0.4) is 0 Å². The third kappa shape index (κ3) is 7.93. The van der Waals surface area contributed by atoms with Crippen LogP contribution in [0.2, 0.25) is 0 Å². The fourth-order valence-electron chi connectivity index (χ4n) is 7.24. The molecular weight excluding hydrogens is 644 g/mol. The summed E-state index contributed by atoms with van der Waals surface area (Å²) in [5.41, 5.74) is 14.0. The highest BCUT2D eigenvalue weighted by atomic mass is 16.5. The van der Waals surface area contributed by atoms with Crippen LogP contribution >= 0.6 is 0 Å². The van der Waals surface area contributed by atoms with Crippen LogP contribution in [0.4, 0.5) is 0 Å². The zero-order valence-electron chi connectivity index (χ0n) is 30.7. The van der Waals surface area contributed by atoms with Crippen molar-refractivity contribution in [2.75, 3.05) is 46.9 Å². The second-order valence-electron chi connectivity index (χ2n) is 13.5. The number of allylic oxidation sites excluding steroid dienone is 2. The zero-order chi connectivity index (χ0) is 37.0. The molecule has 1 amide bonds. The summed E-state index contributed by atoms with van der Waals surface area (Å²) in [4.78, 5) is 43.8. The van der Waals surface area contributed by atoms with Gasteiger partial charge in [-0.2, -0.15) is 5.26 Å². The van der Waals surface area contributed by atoms with Crippen molar-refractivity contribution in [3.05, 3.63) is 104 Å². The maximum Gasteiger partial charge on any atom is 0.265 e. The number of ether oxygens (including phenoxy) is 2. The van der Waals surface area contributed by atoms with Gasteiger partial charge in [0.25, 0.3) is 11.5 Å². The highest BCUT2D eigenvalue weighted by Gasteiger charge is 2.31. The van der Waals surface area contributed by atoms with E-state index in [9.17, 15) is 19.6 Å². The lowest BCUT2D eigenvalue weighted by atomic mass is 9.89. The van der Waals surface area contributed by atoms with Gasteiger partial charge in [0.15, 0.2) is 5.78 Å². The number of amides is 1. The minimum Gasteiger partial charge on any atom is -0.496 e. The van der Waals surface area contributed by atoms with Gasteiger partial charge in [0, 0.05) is 82.0 Å². The maximum atomic E-state index is 13.4. The first kappa shape index (κ1) is 37.1. The average Bonchev–Trinajstić information content (AvgIpc) is 3.11. The first-order valence-electron chi connectivity index (χ1n) is 17.2. The van der Waals surface area contributed by atoms with Gasteiger partial charge in [0.05, 0.1) is 25.8 Å². The lowest BCUT2D eigenvalue weighted by molar-refractivity contribution is -0.129. The fourth-order valence-corrected chi connectivity index (χ4v) is 7.24. The first-order chi connectivity index (χ1) is 24.4. The Balaban J connectivity index is 1.26. The summed E-state index contributed by atoms with van der Waals surface area (Å²) in [6.45, 7) is 12.7. The molecular formula is C40H48N6O5. The molecule has 0 radical (unpaired) electrons. The maximum absolute atomic E-state index is 13.4. The van der Waals surface area contributed by atoms with Crippen molar-refractivity contribution in [1.82, 2.24) is 19.3 Å². The molecule has 268 valence electrons. The third-order valence-corrected chi connectivity index (χ3v) is 10.2. The second-order valence-corrected chi connectivity index (χ2v) is 13.5. The number of fused-ring (bicyclic) bond motifs is 1. The van der Waals surface area contributed by atoms with Crippen LogP contribution < -0.4 is 20.8 Å². The van der Waals surface area contributed by atoms with Crippen LogP contribution in [0.15, 0.2) is 64.7 Å². The number of carbonyl (C=O) groups is 2. The number of hydrogen-bond acceptors (Lipinski definition) is 9. The fraction of sp³-hybridized carbons (Fsp3) is 0.400. The highest BCUT2D eigenvalue weighted by Crippen LogP contribution is 2.38. The Bertz CT molecular complexity index is 1970. The van der Waals surface area contributed by atoms with E-state index in [0.717, 1.165) is 77.6 Å². The van der Waals surface area contributed by atoms with E-state index in [1.165, 1.54) is 30.2 Å². The lowest BCUT2D eigenvalue weighted by Gasteiger charge is -2.38. The summed E-state index contributed by atoms with van der Waals surface area (Å²) in [6.07, 6.45) is 5.04. The molecule has 0 saturated carbocycles. The van der Waals surface area contributed by atoms with Crippen LogP contribution in [0.1, 0.15) is 53.3 Å². The predicted molar refractivity (Wildman–Crippen MR) is 197 cm³/mol. The molecule has 5 rings (SSSR count). The molecule has 2 N–H and O–H groups in total. The molecule has 2 aliphatic rings. The van der Waals surface area contributed by atoms with E-state index in [1.54, 1.807) is 30.7 Å². The molecule has 11 heteroatoms. The van der Waals surface area contributed by atoms with Crippen LogP contribution in [-0.2, 0) is 36.1 Å². The van der Waals surface area contributed by atoms with Crippen molar-refractivity contribution in [2.45, 2.75) is 53.2 Å². The van der Waals surface area contributed by atoms with E-state index in [2.05, 4.69) is 21.9 Å². The summed E-state index contributed by atoms with van der Waals surface area (Å²) in [5.74, 6) is 0.864. The molecule has 1 unspecified atom stereocenters. The van der Waals surface area contributed by atoms with Crippen LogP contribution in [0, 0.1) is 25.2 Å². The van der Waals surface area contributed by atoms with Gasteiger partial charge >= 0.3 is 0 Å². The van der Waals surface area contributed by atoms with E-state index < -0.39 is 5.91 Å². The Labute approximate surface area is 300 Å². The van der Waals surface area contributed by atoms with Gasteiger partial charge in [-0.05, 0) is 80.1 Å². The van der Waals surface area contributed by atoms with Gasteiger partial charge < -0.3 is 24.7 Å². The molecule has 0 bridgehead atoms. The number of benzene rings is 2. The number of nitriles is 1. The van der Waals surface area contributed by atoms with Crippen molar-refractivity contribution in [3.8, 4) is 28.7 Å². The van der Waals surface area contributed by atoms with E-state index in [-0.39, 0.29) is 28.7 Å². The highest BCUT2D eigenvalue weighted by molar-refractivity contribution is 5.98. The van der Waals surface area contributed by atoms with Gasteiger partial charge in [-0.3, -0.25) is 24.2 Å². The number of aryl methyl sites for hydroxylation is 1. The summed E-state index contributed by atoms with van der Waals surface area (Å²) in [5, 5.41) is 9.69. The minimum absolute atomic E-state index is 0.00223. The van der Waals surface area contributed by atoms with Crippen LogP contribution in [0.5, 0.6) is 11.5 Å². The molecule has 3 aromatic rings. The quantitative estimate of drug-likeness (QED) is 0.187. The molecule has 51 heavy (non-hydrogen) atoms. The summed E-state index contributed by atoms with van der Waals surface area (Å²) in [6, 6.07) is 12.1. The Hall–Kier alpha value is -5.18. The molecule has 3 heterocycles. The Morgan fingerprint density at radius 1 is 0.980 bits per heavy atom. The molecule has 1 saturated heterocycles. The minimum atomic E-state index is -0.391. The number of aromatic nitrogens is 1. The van der Waals surface area contributed by atoms with Gasteiger partial charge in [-0.25, -0.2) is 0 Å². The lowest BCUT2D eigenvalue weighted by Crippen LogP contribution is -2.45.